The summed E-state index contributed by atoms with van der Waals surface area (Å²) in [6.07, 6.45) is 0. The lowest BCUT2D eigenvalue weighted by Crippen LogP contribution is -2.23. The summed E-state index contributed by atoms with van der Waals surface area (Å²) in [4.78, 5) is 12.6. The highest BCUT2D eigenvalue weighted by Crippen LogP contribution is 2.50. The smallest absolute Gasteiger partial charge is 0.274 e. The van der Waals surface area contributed by atoms with Gasteiger partial charge in [0.1, 0.15) is 5.75 Å². The monoisotopic (exact) mass is 432 g/mol. The number of ether oxygens (including phenoxy) is 3. The van der Waals surface area contributed by atoms with E-state index in [0.29, 0.717) is 34.7 Å². The molecule has 0 unspecified atom stereocenters. The molecule has 0 aliphatic heterocycles. The third-order valence-corrected chi connectivity index (χ3v) is 4.68. The normalized spacial score (nSPS) is 10.6. The topological polar surface area (TPSA) is 103 Å². The van der Waals surface area contributed by atoms with Crippen LogP contribution in [0.15, 0.2) is 34.9 Å². The molecule has 0 spiro atoms. The molecule has 2 N–H and O–H groups in total. The molecule has 1 amide bonds. The molecule has 9 heteroatoms. The van der Waals surface area contributed by atoms with Crippen molar-refractivity contribution in [1.82, 2.24) is 10.5 Å². The van der Waals surface area contributed by atoms with E-state index in [1.165, 1.54) is 33.5 Å². The Kier molecular flexibility index (Phi) is 6.37. The van der Waals surface area contributed by atoms with Gasteiger partial charge in [-0.2, -0.15) is 0 Å². The second-order valence-corrected chi connectivity index (χ2v) is 6.55. The molecule has 1 heterocycles. The second kappa shape index (κ2) is 8.96. The van der Waals surface area contributed by atoms with Crippen LogP contribution in [0.1, 0.15) is 17.4 Å². The van der Waals surface area contributed by atoms with Gasteiger partial charge in [0, 0.05) is 6.54 Å². The van der Waals surface area contributed by atoms with Gasteiger partial charge in [0.15, 0.2) is 23.0 Å². The maximum atomic E-state index is 12.6. The van der Waals surface area contributed by atoms with Crippen LogP contribution in [0.25, 0.3) is 22.5 Å². The fourth-order valence-electron chi connectivity index (χ4n) is 3.11. The van der Waals surface area contributed by atoms with E-state index in [9.17, 15) is 9.90 Å². The van der Waals surface area contributed by atoms with E-state index >= 15 is 0 Å². The van der Waals surface area contributed by atoms with Gasteiger partial charge in [0.25, 0.3) is 5.91 Å². The van der Waals surface area contributed by atoms with Crippen molar-refractivity contribution in [2.75, 3.05) is 27.9 Å². The number of aromatic nitrogens is 1. The zero-order valence-electron chi connectivity index (χ0n) is 16.9. The second-order valence-electron chi connectivity index (χ2n) is 6.15. The first-order valence-electron chi connectivity index (χ1n) is 9.02. The molecule has 0 saturated heterocycles. The fourth-order valence-corrected chi connectivity index (χ4v) is 3.38. The fraction of sp³-hybridized carbons (Fsp3) is 0.238. The quantitative estimate of drug-likeness (QED) is 0.578. The zero-order valence-corrected chi connectivity index (χ0v) is 17.7. The molecule has 0 aliphatic rings. The Labute approximate surface area is 178 Å². The van der Waals surface area contributed by atoms with Gasteiger partial charge in [0.05, 0.1) is 37.5 Å². The first-order valence-corrected chi connectivity index (χ1v) is 9.40. The number of hydrogen-bond acceptors (Lipinski definition) is 7. The number of methoxy groups -OCH3 is 3. The molecule has 0 radical (unpaired) electrons. The zero-order chi connectivity index (χ0) is 21.8. The number of phenols is 1. The van der Waals surface area contributed by atoms with Gasteiger partial charge >= 0.3 is 0 Å². The first-order chi connectivity index (χ1) is 14.5. The summed E-state index contributed by atoms with van der Waals surface area (Å²) in [7, 11) is 4.39. The van der Waals surface area contributed by atoms with Crippen molar-refractivity contribution < 1.29 is 28.6 Å². The van der Waals surface area contributed by atoms with Crippen LogP contribution in [-0.4, -0.2) is 44.0 Å². The number of amides is 1. The van der Waals surface area contributed by atoms with Gasteiger partial charge in [-0.3, -0.25) is 4.79 Å². The molecule has 8 nitrogen and oxygen atoms in total. The summed E-state index contributed by atoms with van der Waals surface area (Å²) in [5.74, 6) is 0.813. The van der Waals surface area contributed by atoms with E-state index < -0.39 is 5.91 Å². The van der Waals surface area contributed by atoms with Gasteiger partial charge in [-0.05, 0) is 30.7 Å². The van der Waals surface area contributed by atoms with Crippen LogP contribution in [-0.2, 0) is 0 Å². The number of carbonyl (C=O) groups is 1. The van der Waals surface area contributed by atoms with E-state index in [2.05, 4.69) is 10.5 Å². The number of hydrogen-bond donors (Lipinski definition) is 2. The lowest BCUT2D eigenvalue weighted by atomic mass is 9.98. The minimum atomic E-state index is -0.402. The molecule has 1 aromatic heterocycles. The number of nitrogens with one attached hydrogen (secondary N) is 1. The molecule has 3 aromatic rings. The van der Waals surface area contributed by atoms with Crippen molar-refractivity contribution in [2.24, 2.45) is 0 Å². The molecule has 158 valence electrons. The third kappa shape index (κ3) is 3.73. The molecule has 0 atom stereocenters. The molecule has 30 heavy (non-hydrogen) atoms. The number of halogens is 1. The molecule has 0 aliphatic carbocycles. The summed E-state index contributed by atoms with van der Waals surface area (Å²) >= 11 is 6.40. The Balaban J connectivity index is 2.33. The Morgan fingerprint density at radius 1 is 1.10 bits per heavy atom. The first kappa shape index (κ1) is 21.3. The Morgan fingerprint density at radius 3 is 2.30 bits per heavy atom. The number of phenolic OH excluding ortho intramolecular Hbond substituents is 1. The van der Waals surface area contributed by atoms with Crippen molar-refractivity contribution in [3.05, 3.63) is 41.0 Å². The summed E-state index contributed by atoms with van der Waals surface area (Å²) in [6.45, 7) is 2.22. The van der Waals surface area contributed by atoms with E-state index in [1.807, 2.05) is 0 Å². The van der Waals surface area contributed by atoms with Crippen LogP contribution in [0.4, 0.5) is 0 Å². The van der Waals surface area contributed by atoms with Crippen molar-refractivity contribution in [2.45, 2.75) is 6.92 Å². The number of carbonyl (C=O) groups excluding carboxylic acids is 1. The van der Waals surface area contributed by atoms with E-state index in [-0.39, 0.29) is 28.0 Å². The number of nitrogens with zero attached hydrogens (tertiary/aromatic N) is 1. The molecule has 0 bridgehead atoms. The van der Waals surface area contributed by atoms with E-state index in [0.717, 1.165) is 0 Å². The number of aromatic hydroxyl groups is 1. The lowest BCUT2D eigenvalue weighted by molar-refractivity contribution is 0.0947. The number of rotatable bonds is 7. The SMILES string of the molecule is CCNC(=O)c1noc(-c2cc(Cl)c(OC)c(OC)c2OC)c1-c1ccc(O)cc1. The Morgan fingerprint density at radius 2 is 1.73 bits per heavy atom. The number of benzene rings is 2. The Hall–Kier alpha value is -3.39. The Bertz CT molecular complexity index is 1060. The maximum absolute atomic E-state index is 12.6. The summed E-state index contributed by atoms with van der Waals surface area (Å²) in [5.41, 5.74) is 1.54. The average molecular weight is 433 g/mol. The molecular weight excluding hydrogens is 412 g/mol. The van der Waals surface area contributed by atoms with Gasteiger partial charge in [-0.1, -0.05) is 28.9 Å². The van der Waals surface area contributed by atoms with Crippen molar-refractivity contribution >= 4 is 17.5 Å². The van der Waals surface area contributed by atoms with E-state index in [4.69, 9.17) is 30.3 Å². The predicted molar refractivity (Wildman–Crippen MR) is 112 cm³/mol. The lowest BCUT2D eigenvalue weighted by Gasteiger charge is -2.16. The molecular formula is C21H21ClN2O6. The van der Waals surface area contributed by atoms with Crippen LogP contribution in [0.2, 0.25) is 5.02 Å². The van der Waals surface area contributed by atoms with Crippen molar-refractivity contribution in [1.29, 1.82) is 0 Å². The van der Waals surface area contributed by atoms with Crippen LogP contribution >= 0.6 is 11.6 Å². The summed E-state index contributed by atoms with van der Waals surface area (Å²) in [6, 6.07) is 7.92. The van der Waals surface area contributed by atoms with Gasteiger partial charge in [-0.15, -0.1) is 0 Å². The molecule has 3 rings (SSSR count). The largest absolute Gasteiger partial charge is 0.508 e. The predicted octanol–water partition coefficient (Wildman–Crippen LogP) is 4.14. The highest BCUT2D eigenvalue weighted by atomic mass is 35.5. The van der Waals surface area contributed by atoms with Gasteiger partial charge in [-0.25, -0.2) is 0 Å². The minimum Gasteiger partial charge on any atom is -0.508 e. The molecule has 2 aromatic carbocycles. The van der Waals surface area contributed by atoms with Crippen molar-refractivity contribution in [3.8, 4) is 45.4 Å². The molecule has 0 fully saturated rings. The maximum Gasteiger partial charge on any atom is 0.274 e. The van der Waals surface area contributed by atoms with Crippen molar-refractivity contribution in [3.63, 3.8) is 0 Å². The highest BCUT2D eigenvalue weighted by Gasteiger charge is 2.29. The van der Waals surface area contributed by atoms with Gasteiger partial charge < -0.3 is 29.2 Å². The van der Waals surface area contributed by atoms with Crippen LogP contribution in [0.5, 0.6) is 23.0 Å². The summed E-state index contributed by atoms with van der Waals surface area (Å²) < 4.78 is 21.9. The van der Waals surface area contributed by atoms with E-state index in [1.54, 1.807) is 25.1 Å². The standard InChI is InChI=1S/C21H21ClN2O6/c1-5-23-21(26)16-15(11-6-8-12(25)9-7-11)17(30-24-16)13-10-14(22)19(28-3)20(29-4)18(13)27-2/h6-10,25H,5H2,1-4H3,(H,23,26). The van der Waals surface area contributed by atoms with Gasteiger partial charge in [0.2, 0.25) is 5.75 Å². The van der Waals surface area contributed by atoms with Crippen LogP contribution in [0, 0.1) is 0 Å². The highest BCUT2D eigenvalue weighted by molar-refractivity contribution is 6.32. The molecule has 0 saturated carbocycles. The van der Waals surface area contributed by atoms with Crippen LogP contribution in [0.3, 0.4) is 0 Å². The minimum absolute atomic E-state index is 0.0862. The third-order valence-electron chi connectivity index (χ3n) is 4.40. The van der Waals surface area contributed by atoms with Crippen LogP contribution < -0.4 is 19.5 Å². The average Bonchev–Trinajstić information content (AvgIpc) is 3.18. The summed E-state index contributed by atoms with van der Waals surface area (Å²) in [5, 5.41) is 16.6.